The number of amides is 1. The van der Waals surface area contributed by atoms with Crippen molar-refractivity contribution in [3.8, 4) is 0 Å². The first-order valence-electron chi connectivity index (χ1n) is 10.5. The molecule has 0 spiro atoms. The first kappa shape index (κ1) is 21.9. The highest BCUT2D eigenvalue weighted by molar-refractivity contribution is 7.91. The Labute approximate surface area is 187 Å². The van der Waals surface area contributed by atoms with Gasteiger partial charge in [0.1, 0.15) is 5.58 Å². The molecule has 0 radical (unpaired) electrons. The molecule has 0 bridgehead atoms. The lowest BCUT2D eigenvalue weighted by atomic mass is 9.99. The maximum atomic E-state index is 13.4. The fraction of sp³-hybridized carbons (Fsp3) is 0.375. The number of carbonyl (C=O) groups is 1. The molecule has 5 nitrogen and oxygen atoms in total. The molecule has 31 heavy (non-hydrogen) atoms. The smallest absolute Gasteiger partial charge is 0.227 e. The van der Waals surface area contributed by atoms with Crippen molar-refractivity contribution in [2.24, 2.45) is 0 Å². The van der Waals surface area contributed by atoms with E-state index < -0.39 is 9.84 Å². The minimum Gasteiger partial charge on any atom is -0.464 e. The minimum absolute atomic E-state index is 0.00988. The number of furan rings is 1. The molecule has 1 amide bonds. The minimum atomic E-state index is -3.12. The molecule has 3 aromatic rings. The van der Waals surface area contributed by atoms with E-state index in [1.807, 2.05) is 24.3 Å². The van der Waals surface area contributed by atoms with Gasteiger partial charge in [-0.3, -0.25) is 4.79 Å². The molecule has 0 unspecified atom stereocenters. The molecule has 1 atom stereocenters. The van der Waals surface area contributed by atoms with E-state index in [-0.39, 0.29) is 29.9 Å². The third-order valence-electron chi connectivity index (χ3n) is 5.92. The van der Waals surface area contributed by atoms with Crippen molar-refractivity contribution in [2.45, 2.75) is 45.2 Å². The van der Waals surface area contributed by atoms with Crippen LogP contribution in [0.3, 0.4) is 0 Å². The van der Waals surface area contributed by atoms with E-state index in [4.69, 9.17) is 16.0 Å². The number of benzene rings is 2. The highest BCUT2D eigenvalue weighted by atomic mass is 35.5. The first-order valence-corrected chi connectivity index (χ1v) is 12.7. The van der Waals surface area contributed by atoms with Gasteiger partial charge in [-0.15, -0.1) is 0 Å². The lowest BCUT2D eigenvalue weighted by molar-refractivity contribution is -0.133. The van der Waals surface area contributed by atoms with Gasteiger partial charge in [-0.1, -0.05) is 43.6 Å². The number of hydrogen-bond donors (Lipinski definition) is 0. The van der Waals surface area contributed by atoms with Crippen molar-refractivity contribution in [2.75, 3.05) is 11.5 Å². The van der Waals surface area contributed by atoms with Gasteiger partial charge in [0.15, 0.2) is 9.84 Å². The van der Waals surface area contributed by atoms with Crippen LogP contribution in [0, 0.1) is 0 Å². The standard InChI is InChI=1S/C24H26ClNO4S/c1-16(2)18-5-8-23-22(11-18)19(14-30-23)12-24(27)26(21-9-10-31(28,29)15-21)13-17-3-6-20(25)7-4-17/h3-8,11,14,16,21H,9-10,12-13,15H2,1-2H3/t21-/m0/s1. The van der Waals surface area contributed by atoms with Crippen LogP contribution in [-0.4, -0.2) is 36.8 Å². The molecular weight excluding hydrogens is 434 g/mol. The highest BCUT2D eigenvalue weighted by Gasteiger charge is 2.35. The highest BCUT2D eigenvalue weighted by Crippen LogP contribution is 2.28. The Bertz CT molecular complexity index is 1200. The summed E-state index contributed by atoms with van der Waals surface area (Å²) in [6.45, 7) is 4.60. The second-order valence-corrected chi connectivity index (χ2v) is 11.2. The Morgan fingerprint density at radius 2 is 1.94 bits per heavy atom. The molecule has 1 saturated heterocycles. The summed E-state index contributed by atoms with van der Waals surface area (Å²) >= 11 is 5.99. The normalized spacial score (nSPS) is 18.0. The summed E-state index contributed by atoms with van der Waals surface area (Å²) in [4.78, 5) is 15.1. The number of nitrogens with zero attached hydrogens (tertiary/aromatic N) is 1. The summed E-state index contributed by atoms with van der Waals surface area (Å²) in [5.74, 6) is 0.396. The summed E-state index contributed by atoms with van der Waals surface area (Å²) < 4.78 is 29.8. The zero-order chi connectivity index (χ0) is 22.2. The van der Waals surface area contributed by atoms with E-state index in [0.29, 0.717) is 23.9 Å². The fourth-order valence-corrected chi connectivity index (χ4v) is 5.95. The van der Waals surface area contributed by atoms with Gasteiger partial charge in [0.2, 0.25) is 5.91 Å². The maximum absolute atomic E-state index is 13.4. The topological polar surface area (TPSA) is 67.6 Å². The van der Waals surface area contributed by atoms with Gasteiger partial charge in [0.25, 0.3) is 0 Å². The third-order valence-corrected chi connectivity index (χ3v) is 7.92. The second kappa shape index (κ2) is 8.67. The molecule has 1 fully saturated rings. The Hall–Kier alpha value is -2.31. The zero-order valence-electron chi connectivity index (χ0n) is 17.7. The molecule has 1 aliphatic heterocycles. The number of hydrogen-bond acceptors (Lipinski definition) is 4. The van der Waals surface area contributed by atoms with Crippen LogP contribution in [0.1, 0.15) is 42.9 Å². The summed E-state index contributed by atoms with van der Waals surface area (Å²) in [6, 6.07) is 13.0. The van der Waals surface area contributed by atoms with Gasteiger partial charge < -0.3 is 9.32 Å². The van der Waals surface area contributed by atoms with E-state index in [2.05, 4.69) is 19.9 Å². The van der Waals surface area contributed by atoms with Gasteiger partial charge in [-0.2, -0.15) is 0 Å². The number of carbonyl (C=O) groups excluding carboxylic acids is 1. The quantitative estimate of drug-likeness (QED) is 0.522. The van der Waals surface area contributed by atoms with Crippen LogP contribution in [0.4, 0.5) is 0 Å². The lowest BCUT2D eigenvalue weighted by Crippen LogP contribution is -2.41. The van der Waals surface area contributed by atoms with Crippen molar-refractivity contribution < 1.29 is 17.6 Å². The van der Waals surface area contributed by atoms with E-state index in [0.717, 1.165) is 22.1 Å². The molecule has 0 aliphatic carbocycles. The fourth-order valence-electron chi connectivity index (χ4n) is 4.09. The molecule has 2 heterocycles. The molecule has 7 heteroatoms. The number of fused-ring (bicyclic) bond motifs is 1. The van der Waals surface area contributed by atoms with Gasteiger partial charge >= 0.3 is 0 Å². The molecule has 1 aromatic heterocycles. The van der Waals surface area contributed by atoms with Crippen LogP contribution in [0.15, 0.2) is 53.1 Å². The Morgan fingerprint density at radius 3 is 2.58 bits per heavy atom. The predicted molar refractivity (Wildman–Crippen MR) is 123 cm³/mol. The summed E-state index contributed by atoms with van der Waals surface area (Å²) in [7, 11) is -3.12. The number of sulfone groups is 1. The number of halogens is 1. The Kier molecular flexibility index (Phi) is 6.13. The van der Waals surface area contributed by atoms with Crippen LogP contribution < -0.4 is 0 Å². The number of rotatable bonds is 6. The largest absolute Gasteiger partial charge is 0.464 e. The molecule has 1 aliphatic rings. The van der Waals surface area contributed by atoms with E-state index in [9.17, 15) is 13.2 Å². The van der Waals surface area contributed by atoms with Crippen LogP contribution in [-0.2, 0) is 27.6 Å². The van der Waals surface area contributed by atoms with Crippen LogP contribution >= 0.6 is 11.6 Å². The van der Waals surface area contributed by atoms with Gasteiger partial charge in [0, 0.05) is 28.6 Å². The second-order valence-electron chi connectivity index (χ2n) is 8.55. The van der Waals surface area contributed by atoms with E-state index in [1.54, 1.807) is 23.3 Å². The van der Waals surface area contributed by atoms with Crippen LogP contribution in [0.25, 0.3) is 11.0 Å². The lowest BCUT2D eigenvalue weighted by Gasteiger charge is -2.28. The maximum Gasteiger partial charge on any atom is 0.227 e. The van der Waals surface area contributed by atoms with Crippen molar-refractivity contribution in [1.82, 2.24) is 4.90 Å². The summed E-state index contributed by atoms with van der Waals surface area (Å²) in [6.07, 6.45) is 2.27. The van der Waals surface area contributed by atoms with Gasteiger partial charge in [-0.25, -0.2) is 8.42 Å². The molecule has 0 saturated carbocycles. The molecule has 2 aromatic carbocycles. The summed E-state index contributed by atoms with van der Waals surface area (Å²) in [5, 5.41) is 1.56. The van der Waals surface area contributed by atoms with Crippen molar-refractivity contribution in [3.63, 3.8) is 0 Å². The van der Waals surface area contributed by atoms with Crippen molar-refractivity contribution in [1.29, 1.82) is 0 Å². The Morgan fingerprint density at radius 1 is 1.19 bits per heavy atom. The van der Waals surface area contributed by atoms with Crippen molar-refractivity contribution >= 4 is 38.3 Å². The zero-order valence-corrected chi connectivity index (χ0v) is 19.2. The first-order chi connectivity index (χ1) is 14.7. The molecule has 4 rings (SSSR count). The van der Waals surface area contributed by atoms with E-state index >= 15 is 0 Å². The average Bonchev–Trinajstić information content (AvgIpc) is 3.29. The van der Waals surface area contributed by atoms with Crippen molar-refractivity contribution in [3.05, 3.63) is 70.4 Å². The molecule has 164 valence electrons. The monoisotopic (exact) mass is 459 g/mol. The molecule has 0 N–H and O–H groups in total. The predicted octanol–water partition coefficient (Wildman–Crippen LogP) is 4.97. The third kappa shape index (κ3) is 4.96. The van der Waals surface area contributed by atoms with Gasteiger partial charge in [0.05, 0.1) is 24.2 Å². The van der Waals surface area contributed by atoms with Gasteiger partial charge in [-0.05, 0) is 47.7 Å². The van der Waals surface area contributed by atoms with Crippen LogP contribution in [0.2, 0.25) is 5.02 Å². The SMILES string of the molecule is CC(C)c1ccc2occ(CC(=O)N(Cc3ccc(Cl)cc3)[C@H]3CCS(=O)(=O)C3)c2c1. The Balaban J connectivity index is 1.62. The van der Waals surface area contributed by atoms with Crippen LogP contribution in [0.5, 0.6) is 0 Å². The molecular formula is C24H26ClNO4S. The average molecular weight is 460 g/mol. The summed E-state index contributed by atoms with van der Waals surface area (Å²) in [5.41, 5.74) is 3.67. The van der Waals surface area contributed by atoms with E-state index in [1.165, 1.54) is 5.56 Å².